The molecule has 56 heavy (non-hydrogen) atoms. The Labute approximate surface area is 332 Å². The Morgan fingerprint density at radius 2 is 1.68 bits per heavy atom. The number of hydrogen-bond donors (Lipinski definition) is 3. The molecule has 0 aliphatic heterocycles. The molecule has 14 nitrogen and oxygen atoms in total. The van der Waals surface area contributed by atoms with Crippen molar-refractivity contribution in [1.82, 2.24) is 19.8 Å². The molecule has 0 heterocycles. The van der Waals surface area contributed by atoms with E-state index in [0.29, 0.717) is 29.2 Å². The van der Waals surface area contributed by atoms with Gasteiger partial charge in [0.05, 0.1) is 16.9 Å². The van der Waals surface area contributed by atoms with Gasteiger partial charge in [-0.3, -0.25) is 19.7 Å². The van der Waals surface area contributed by atoms with E-state index in [1.807, 2.05) is 67.5 Å². The number of rotatable bonds is 21. The summed E-state index contributed by atoms with van der Waals surface area (Å²) in [6.45, 7) is 1.28. The van der Waals surface area contributed by atoms with E-state index >= 15 is 0 Å². The zero-order valence-corrected chi connectivity index (χ0v) is 33.7. The van der Waals surface area contributed by atoms with Gasteiger partial charge in [0.1, 0.15) is 17.7 Å². The topological polar surface area (TPSA) is 180 Å². The fraction of sp³-hybridized carbons (Fsp3) is 0.325. The molecule has 0 radical (unpaired) electrons. The van der Waals surface area contributed by atoms with Crippen molar-refractivity contribution in [1.29, 1.82) is 0 Å². The van der Waals surface area contributed by atoms with Crippen LogP contribution in [0.15, 0.2) is 101 Å². The van der Waals surface area contributed by atoms with Crippen LogP contribution in [0, 0.1) is 10.1 Å². The van der Waals surface area contributed by atoms with E-state index in [1.165, 1.54) is 35.9 Å². The number of hydrogen-bond acceptors (Lipinski definition) is 12. The molecule has 0 bridgehead atoms. The fourth-order valence-electron chi connectivity index (χ4n) is 5.86. The van der Waals surface area contributed by atoms with Gasteiger partial charge in [0.15, 0.2) is 0 Å². The summed E-state index contributed by atoms with van der Waals surface area (Å²) in [4.78, 5) is 54.0. The molecular weight excluding hydrogens is 757 g/mol. The Hall–Kier alpha value is -5.29. The summed E-state index contributed by atoms with van der Waals surface area (Å²) < 4.78 is 35.1. The summed E-state index contributed by atoms with van der Waals surface area (Å²) in [5, 5.41) is 18.7. The van der Waals surface area contributed by atoms with Crippen molar-refractivity contribution in [3.05, 3.63) is 112 Å². The van der Waals surface area contributed by atoms with Crippen molar-refractivity contribution in [2.24, 2.45) is 0 Å². The number of anilines is 1. The first-order valence-electron chi connectivity index (χ1n) is 17.8. The Morgan fingerprint density at radius 3 is 2.34 bits per heavy atom. The summed E-state index contributed by atoms with van der Waals surface area (Å²) in [5.41, 5.74) is 1.24. The van der Waals surface area contributed by atoms with E-state index in [4.69, 9.17) is 4.74 Å². The highest BCUT2D eigenvalue weighted by molar-refractivity contribution is 7.99. The van der Waals surface area contributed by atoms with Crippen LogP contribution < -0.4 is 20.1 Å². The fourth-order valence-corrected chi connectivity index (χ4v) is 7.79. The molecule has 0 aliphatic carbocycles. The zero-order chi connectivity index (χ0) is 40.8. The summed E-state index contributed by atoms with van der Waals surface area (Å²) in [5.74, 6) is -0.225. The third-order valence-corrected chi connectivity index (χ3v) is 11.3. The minimum Gasteiger partial charge on any atom is -0.496 e. The lowest BCUT2D eigenvalue weighted by atomic mass is 9.92. The predicted octanol–water partition coefficient (Wildman–Crippen LogP) is 5.61. The van der Waals surface area contributed by atoms with Gasteiger partial charge in [0.25, 0.3) is 21.6 Å². The van der Waals surface area contributed by atoms with E-state index in [2.05, 4.69) is 15.4 Å². The van der Waals surface area contributed by atoms with Gasteiger partial charge in [-0.05, 0) is 87.2 Å². The first-order valence-corrected chi connectivity index (χ1v) is 20.3. The van der Waals surface area contributed by atoms with Gasteiger partial charge in [-0.2, -0.15) is 0 Å². The van der Waals surface area contributed by atoms with Gasteiger partial charge < -0.3 is 30.0 Å². The molecule has 4 aromatic rings. The molecule has 3 N–H and O–H groups in total. The number of carbonyl (C=O) groups is 3. The monoisotopic (exact) mass is 804 g/mol. The number of carbonyl (C=O) groups excluding carboxylic acids is 3. The highest BCUT2D eigenvalue weighted by Gasteiger charge is 2.28. The zero-order valence-electron chi connectivity index (χ0n) is 32.1. The van der Waals surface area contributed by atoms with Gasteiger partial charge in [-0.25, -0.2) is 13.1 Å². The van der Waals surface area contributed by atoms with Crippen molar-refractivity contribution in [2.45, 2.75) is 41.1 Å². The summed E-state index contributed by atoms with van der Waals surface area (Å²) in [7, 11) is 4.00. The third kappa shape index (κ3) is 12.1. The van der Waals surface area contributed by atoms with Crippen LogP contribution in [0.25, 0.3) is 11.1 Å². The Morgan fingerprint density at radius 1 is 0.964 bits per heavy atom. The van der Waals surface area contributed by atoms with Crippen molar-refractivity contribution in [3.63, 3.8) is 0 Å². The molecule has 0 aliphatic rings. The smallest absolute Gasteiger partial charge is 0.293 e. The average Bonchev–Trinajstić information content (AvgIpc) is 3.17. The second-order valence-electron chi connectivity index (χ2n) is 13.4. The van der Waals surface area contributed by atoms with Crippen molar-refractivity contribution in [3.8, 4) is 16.9 Å². The highest BCUT2D eigenvalue weighted by atomic mass is 32.2. The molecule has 0 spiro atoms. The molecule has 0 aromatic heterocycles. The number of thioether (sulfide) groups is 1. The number of amides is 2. The van der Waals surface area contributed by atoms with Crippen molar-refractivity contribution < 1.29 is 32.5 Å². The van der Waals surface area contributed by atoms with Crippen LogP contribution in [0.5, 0.6) is 5.75 Å². The first-order chi connectivity index (χ1) is 26.7. The maximum absolute atomic E-state index is 13.9. The van der Waals surface area contributed by atoms with Crippen LogP contribution >= 0.6 is 11.8 Å². The van der Waals surface area contributed by atoms with Crippen molar-refractivity contribution in [2.75, 3.05) is 59.5 Å². The Balaban J connectivity index is 1.66. The van der Waals surface area contributed by atoms with E-state index < -0.39 is 43.5 Å². The summed E-state index contributed by atoms with van der Waals surface area (Å²) in [6.07, 6.45) is 1.49. The second-order valence-corrected chi connectivity index (χ2v) is 16.2. The Bertz CT molecular complexity index is 2100. The van der Waals surface area contributed by atoms with Crippen LogP contribution in [0.1, 0.15) is 41.2 Å². The average molecular weight is 805 g/mol. The standard InChI is InChI=1S/C40H48N6O8S2/c1-44(2)22-11-21-41-35(20-23-47)34-24-28(32-14-9-10-15-38(32)54-5)16-18-33(34)40(49)43-56(52,53)31-17-19-36(37(26-31)46(50)51)42-29(25-39(48)45(3)4)27-55-30-12-7-6-8-13-30/h6-10,12-19,23-24,26,29,35,41-42H,11,20-22,25,27H2,1-5H3,(H,43,49)/t29-,35?/m1/s1. The van der Waals surface area contributed by atoms with Crippen LogP contribution in [0.2, 0.25) is 0 Å². The van der Waals surface area contributed by atoms with Crippen LogP contribution in [-0.2, 0) is 19.6 Å². The second kappa shape index (κ2) is 20.6. The largest absolute Gasteiger partial charge is 0.496 e. The lowest BCUT2D eigenvalue weighted by Gasteiger charge is -2.22. The number of aldehydes is 1. The van der Waals surface area contributed by atoms with Crippen molar-refractivity contribution >= 4 is 51.3 Å². The van der Waals surface area contributed by atoms with Crippen LogP contribution in [0.4, 0.5) is 11.4 Å². The van der Waals surface area contributed by atoms with Gasteiger partial charge in [0.2, 0.25) is 5.91 Å². The van der Waals surface area contributed by atoms with E-state index in [0.717, 1.165) is 41.8 Å². The van der Waals surface area contributed by atoms with E-state index in [1.54, 1.807) is 32.3 Å². The van der Waals surface area contributed by atoms with E-state index in [-0.39, 0.29) is 30.0 Å². The van der Waals surface area contributed by atoms with Gasteiger partial charge in [-0.15, -0.1) is 11.8 Å². The third-order valence-electron chi connectivity index (χ3n) is 8.77. The lowest BCUT2D eigenvalue weighted by Crippen LogP contribution is -2.33. The van der Waals surface area contributed by atoms with Gasteiger partial charge >= 0.3 is 0 Å². The predicted molar refractivity (Wildman–Crippen MR) is 219 cm³/mol. The quantitative estimate of drug-likeness (QED) is 0.0312. The minimum atomic E-state index is -4.66. The maximum Gasteiger partial charge on any atom is 0.293 e. The number of sulfonamides is 1. The molecule has 4 aromatic carbocycles. The number of ether oxygens (including phenoxy) is 1. The normalized spacial score (nSPS) is 12.4. The minimum absolute atomic E-state index is 0.00344. The van der Waals surface area contributed by atoms with E-state index in [9.17, 15) is 32.9 Å². The summed E-state index contributed by atoms with van der Waals surface area (Å²) >= 11 is 1.46. The molecule has 2 atom stereocenters. The van der Waals surface area contributed by atoms with Crippen LogP contribution in [-0.4, -0.2) is 101 Å². The molecule has 0 fully saturated rings. The SMILES string of the molecule is COc1ccccc1-c1ccc(C(=O)NS(=O)(=O)c2ccc(N[C@@H](CSc3ccccc3)CC(=O)N(C)C)c([N+](=O)[O-])c2)c(C(CC=O)NCCCN(C)C)c1. The molecule has 298 valence electrons. The molecular formula is C40H48N6O8S2. The molecule has 1 unspecified atom stereocenters. The highest BCUT2D eigenvalue weighted by Crippen LogP contribution is 2.34. The summed E-state index contributed by atoms with van der Waals surface area (Å²) in [6, 6.07) is 23.7. The molecule has 16 heteroatoms. The number of benzene rings is 4. The number of nitrogens with one attached hydrogen (secondary N) is 3. The van der Waals surface area contributed by atoms with Gasteiger partial charge in [0, 0.05) is 66.9 Å². The number of nitrogens with zero attached hydrogens (tertiary/aromatic N) is 3. The molecule has 2 amide bonds. The van der Waals surface area contributed by atoms with Gasteiger partial charge in [-0.1, -0.05) is 42.5 Å². The molecule has 0 saturated carbocycles. The number of para-hydroxylation sites is 1. The number of methoxy groups -OCH3 is 1. The molecule has 0 saturated heterocycles. The maximum atomic E-state index is 13.9. The lowest BCUT2D eigenvalue weighted by molar-refractivity contribution is -0.384. The number of nitro groups is 1. The molecule has 4 rings (SSSR count). The van der Waals surface area contributed by atoms with Crippen LogP contribution in [0.3, 0.4) is 0 Å². The number of nitro benzene ring substituents is 1. The Kier molecular flexibility index (Phi) is 16.0. The first kappa shape index (κ1) is 43.4.